The third-order valence-electron chi connectivity index (χ3n) is 3.79. The molecular weight excluding hydrogens is 330 g/mol. The molecule has 0 atom stereocenters. The number of aromatic nitrogens is 2. The number of nitrogens with zero attached hydrogens (tertiary/aromatic N) is 1. The lowest BCUT2D eigenvalue weighted by atomic mass is 10.1. The van der Waals surface area contributed by atoms with Gasteiger partial charge < -0.3 is 10.1 Å². The number of H-pyrrole nitrogens is 1. The second-order valence-corrected chi connectivity index (χ2v) is 6.10. The number of ether oxygens (including phenoxy) is 1. The minimum absolute atomic E-state index is 0.201. The van der Waals surface area contributed by atoms with Crippen molar-refractivity contribution in [1.29, 1.82) is 0 Å². The summed E-state index contributed by atoms with van der Waals surface area (Å²) in [6.07, 6.45) is 0. The Balaban J connectivity index is 1.62. The number of carbonyl (C=O) groups excluding carboxylic acids is 2. The second kappa shape index (κ2) is 7.65. The molecule has 6 nitrogen and oxygen atoms in total. The molecule has 0 spiro atoms. The zero-order valence-corrected chi connectivity index (χ0v) is 14.5. The molecule has 0 aliphatic rings. The molecular formula is C20H19N3O3. The van der Waals surface area contributed by atoms with Gasteiger partial charge >= 0.3 is 5.97 Å². The van der Waals surface area contributed by atoms with Gasteiger partial charge in [-0.1, -0.05) is 32.0 Å². The molecule has 0 radical (unpaired) electrons. The summed E-state index contributed by atoms with van der Waals surface area (Å²) in [7, 11) is 0. The molecule has 2 aromatic carbocycles. The predicted octanol–water partition coefficient (Wildman–Crippen LogP) is 4.00. The van der Waals surface area contributed by atoms with E-state index in [1.165, 1.54) is 0 Å². The highest BCUT2D eigenvalue weighted by Gasteiger charge is 2.14. The highest BCUT2D eigenvalue weighted by Crippen LogP contribution is 2.18. The smallest absolute Gasteiger partial charge is 0.364 e. The lowest BCUT2D eigenvalue weighted by Gasteiger charge is -2.07. The highest BCUT2D eigenvalue weighted by molar-refractivity contribution is 6.04. The maximum atomic E-state index is 12.1. The van der Waals surface area contributed by atoms with E-state index in [2.05, 4.69) is 15.5 Å². The Morgan fingerprint density at radius 2 is 1.73 bits per heavy atom. The molecule has 0 bridgehead atoms. The van der Waals surface area contributed by atoms with Crippen LogP contribution in [0.25, 0.3) is 0 Å². The zero-order valence-electron chi connectivity index (χ0n) is 14.5. The van der Waals surface area contributed by atoms with Crippen molar-refractivity contribution in [3.63, 3.8) is 0 Å². The Labute approximate surface area is 151 Å². The number of nitrogens with one attached hydrogen (secondary N) is 2. The summed E-state index contributed by atoms with van der Waals surface area (Å²) in [5, 5.41) is 9.58. The van der Waals surface area contributed by atoms with E-state index in [-0.39, 0.29) is 17.5 Å². The maximum Gasteiger partial charge on any atom is 0.364 e. The third-order valence-corrected chi connectivity index (χ3v) is 3.79. The van der Waals surface area contributed by atoms with Gasteiger partial charge in [0.2, 0.25) is 0 Å². The number of hydrogen-bond acceptors (Lipinski definition) is 4. The zero-order chi connectivity index (χ0) is 18.5. The molecule has 3 aromatic rings. The van der Waals surface area contributed by atoms with Gasteiger partial charge in [-0.05, 0) is 48.4 Å². The molecule has 26 heavy (non-hydrogen) atoms. The fourth-order valence-corrected chi connectivity index (χ4v) is 2.30. The average molecular weight is 349 g/mol. The minimum atomic E-state index is -0.533. The Hall–Kier alpha value is -3.41. The van der Waals surface area contributed by atoms with Gasteiger partial charge in [0.25, 0.3) is 5.91 Å². The molecule has 1 heterocycles. The molecule has 0 aliphatic carbocycles. The molecule has 0 unspecified atom stereocenters. The standard InChI is InChI=1S/C20H19N3O3/c1-13(2)17-12-18(23-22-17)20(25)26-16-10-8-15(9-11-16)21-19(24)14-6-4-3-5-7-14/h3-13H,1-2H3,(H,21,24)(H,22,23). The summed E-state index contributed by atoms with van der Waals surface area (Å²) in [5.41, 5.74) is 2.29. The largest absolute Gasteiger partial charge is 0.422 e. The summed E-state index contributed by atoms with van der Waals surface area (Å²) in [5.74, 6) is -0.110. The van der Waals surface area contributed by atoms with Gasteiger partial charge in [-0.15, -0.1) is 0 Å². The predicted molar refractivity (Wildman–Crippen MR) is 98.5 cm³/mol. The highest BCUT2D eigenvalue weighted by atomic mass is 16.5. The normalized spacial score (nSPS) is 10.6. The van der Waals surface area contributed by atoms with Gasteiger partial charge in [0, 0.05) is 16.9 Å². The maximum absolute atomic E-state index is 12.1. The lowest BCUT2D eigenvalue weighted by molar-refractivity contribution is 0.0728. The van der Waals surface area contributed by atoms with E-state index in [0.717, 1.165) is 5.69 Å². The van der Waals surface area contributed by atoms with Crippen molar-refractivity contribution < 1.29 is 14.3 Å². The average Bonchev–Trinajstić information content (AvgIpc) is 3.15. The van der Waals surface area contributed by atoms with Crippen LogP contribution in [0, 0.1) is 0 Å². The van der Waals surface area contributed by atoms with Crippen LogP contribution in [0.5, 0.6) is 5.75 Å². The van der Waals surface area contributed by atoms with Crippen molar-refractivity contribution in [2.75, 3.05) is 5.32 Å². The number of aromatic amines is 1. The van der Waals surface area contributed by atoms with Crippen LogP contribution < -0.4 is 10.1 Å². The molecule has 0 saturated heterocycles. The molecule has 3 rings (SSSR count). The molecule has 1 amide bonds. The van der Waals surface area contributed by atoms with Crippen LogP contribution in [0.3, 0.4) is 0 Å². The Morgan fingerprint density at radius 3 is 2.35 bits per heavy atom. The van der Waals surface area contributed by atoms with E-state index in [9.17, 15) is 9.59 Å². The van der Waals surface area contributed by atoms with Crippen LogP contribution in [0.15, 0.2) is 60.7 Å². The first-order chi connectivity index (χ1) is 12.5. The number of anilines is 1. The van der Waals surface area contributed by atoms with Crippen LogP contribution in [0.4, 0.5) is 5.69 Å². The molecule has 0 aliphatic heterocycles. The first-order valence-corrected chi connectivity index (χ1v) is 8.27. The van der Waals surface area contributed by atoms with Crippen LogP contribution in [-0.2, 0) is 0 Å². The van der Waals surface area contributed by atoms with Gasteiger partial charge in [0.15, 0.2) is 5.69 Å². The SMILES string of the molecule is CC(C)c1cc(C(=O)Oc2ccc(NC(=O)c3ccccc3)cc2)n[nH]1. The van der Waals surface area contributed by atoms with Crippen LogP contribution in [0.1, 0.15) is 46.3 Å². The summed E-state index contributed by atoms with van der Waals surface area (Å²) in [6.45, 7) is 4.01. The van der Waals surface area contributed by atoms with Crippen molar-refractivity contribution in [1.82, 2.24) is 10.2 Å². The molecule has 0 saturated carbocycles. The van der Waals surface area contributed by atoms with Crippen molar-refractivity contribution in [3.8, 4) is 5.75 Å². The van der Waals surface area contributed by atoms with Crippen molar-refractivity contribution in [2.45, 2.75) is 19.8 Å². The molecule has 6 heteroatoms. The monoisotopic (exact) mass is 349 g/mol. The first-order valence-electron chi connectivity index (χ1n) is 8.27. The fraction of sp³-hybridized carbons (Fsp3) is 0.150. The van der Waals surface area contributed by atoms with E-state index < -0.39 is 5.97 Å². The summed E-state index contributed by atoms with van der Waals surface area (Å²) < 4.78 is 5.30. The summed E-state index contributed by atoms with van der Waals surface area (Å²) in [6, 6.07) is 17.2. The Kier molecular flexibility index (Phi) is 5.12. The molecule has 0 fully saturated rings. The van der Waals surface area contributed by atoms with Gasteiger partial charge in [-0.25, -0.2) is 4.79 Å². The topological polar surface area (TPSA) is 84.1 Å². The van der Waals surface area contributed by atoms with E-state index >= 15 is 0 Å². The lowest BCUT2D eigenvalue weighted by Crippen LogP contribution is -2.12. The first kappa shape index (κ1) is 17.4. The van der Waals surface area contributed by atoms with Crippen LogP contribution >= 0.6 is 0 Å². The van der Waals surface area contributed by atoms with Gasteiger partial charge in [0.05, 0.1) is 0 Å². The number of amides is 1. The number of rotatable bonds is 5. The number of carbonyl (C=O) groups is 2. The molecule has 1 aromatic heterocycles. The molecule has 2 N–H and O–H groups in total. The van der Waals surface area contributed by atoms with Crippen molar-refractivity contribution in [3.05, 3.63) is 77.6 Å². The van der Waals surface area contributed by atoms with E-state index in [4.69, 9.17) is 4.74 Å². The fourth-order valence-electron chi connectivity index (χ4n) is 2.30. The van der Waals surface area contributed by atoms with E-state index in [0.29, 0.717) is 17.0 Å². The van der Waals surface area contributed by atoms with Crippen molar-refractivity contribution >= 4 is 17.6 Å². The summed E-state index contributed by atoms with van der Waals surface area (Å²) in [4.78, 5) is 24.2. The number of hydrogen-bond donors (Lipinski definition) is 2. The minimum Gasteiger partial charge on any atom is -0.422 e. The number of esters is 1. The third kappa shape index (κ3) is 4.16. The van der Waals surface area contributed by atoms with Gasteiger partial charge in [-0.3, -0.25) is 9.89 Å². The van der Waals surface area contributed by atoms with Crippen LogP contribution in [0.2, 0.25) is 0 Å². The number of benzene rings is 2. The van der Waals surface area contributed by atoms with E-state index in [1.54, 1.807) is 54.6 Å². The quantitative estimate of drug-likeness (QED) is 0.538. The van der Waals surface area contributed by atoms with Crippen molar-refractivity contribution in [2.24, 2.45) is 0 Å². The summed E-state index contributed by atoms with van der Waals surface area (Å²) >= 11 is 0. The van der Waals surface area contributed by atoms with E-state index in [1.807, 2.05) is 19.9 Å². The Bertz CT molecular complexity index is 900. The van der Waals surface area contributed by atoms with Gasteiger partial charge in [0.1, 0.15) is 5.75 Å². The molecule has 132 valence electrons. The second-order valence-electron chi connectivity index (χ2n) is 6.10. The Morgan fingerprint density at radius 1 is 1.04 bits per heavy atom. The van der Waals surface area contributed by atoms with Gasteiger partial charge in [-0.2, -0.15) is 5.10 Å². The van der Waals surface area contributed by atoms with Crippen LogP contribution in [-0.4, -0.2) is 22.1 Å².